The van der Waals surface area contributed by atoms with Crippen LogP contribution in [0.1, 0.15) is 11.1 Å². The Hall–Kier alpha value is -0.910. The summed E-state index contributed by atoms with van der Waals surface area (Å²) >= 11 is 0. The molecule has 14 heavy (non-hydrogen) atoms. The second-order valence-electron chi connectivity index (χ2n) is 3.09. The van der Waals surface area contributed by atoms with E-state index in [0.717, 1.165) is 11.1 Å². The topological polar surface area (TPSA) is 80.1 Å². The van der Waals surface area contributed by atoms with Crippen molar-refractivity contribution >= 4 is 10.0 Å². The largest absolute Gasteiger partial charge is 0.238 e. The predicted molar refractivity (Wildman–Crippen MR) is 51.8 cm³/mol. The van der Waals surface area contributed by atoms with Crippen molar-refractivity contribution in [1.29, 1.82) is 0 Å². The molecule has 0 saturated carbocycles. The van der Waals surface area contributed by atoms with Crippen LogP contribution in [0.15, 0.2) is 23.1 Å². The van der Waals surface area contributed by atoms with E-state index in [-0.39, 0.29) is 11.5 Å². The van der Waals surface area contributed by atoms with E-state index in [4.69, 9.17) is 5.14 Å². The Labute approximate surface area is 83.4 Å². The van der Waals surface area contributed by atoms with Crippen LogP contribution in [0.25, 0.3) is 0 Å². The molecule has 0 fully saturated rings. The first-order chi connectivity index (χ1) is 6.45. The van der Waals surface area contributed by atoms with Crippen LogP contribution in [0.3, 0.4) is 0 Å². The monoisotopic (exact) mass is 214 g/mol. The quantitative estimate of drug-likeness (QED) is 0.800. The number of nitrogens with two attached hydrogens (primary N) is 1. The SMILES string of the molecule is Cc1ccc(S(N)(=O)=O)cc1CC[O]. The van der Waals surface area contributed by atoms with Crippen LogP contribution in [0.2, 0.25) is 0 Å². The molecule has 1 aromatic rings. The Balaban J connectivity index is 3.20. The lowest BCUT2D eigenvalue weighted by atomic mass is 10.1. The van der Waals surface area contributed by atoms with E-state index in [2.05, 4.69) is 0 Å². The highest BCUT2D eigenvalue weighted by molar-refractivity contribution is 7.89. The van der Waals surface area contributed by atoms with E-state index in [1.807, 2.05) is 6.92 Å². The molecule has 0 amide bonds. The first-order valence-corrected chi connectivity index (χ1v) is 5.70. The molecule has 4 nitrogen and oxygen atoms in total. The maximum absolute atomic E-state index is 11.0. The van der Waals surface area contributed by atoms with Gasteiger partial charge >= 0.3 is 0 Å². The van der Waals surface area contributed by atoms with Gasteiger partial charge in [0.25, 0.3) is 0 Å². The van der Waals surface area contributed by atoms with Crippen molar-refractivity contribution in [3.05, 3.63) is 29.3 Å². The number of benzene rings is 1. The van der Waals surface area contributed by atoms with E-state index in [1.54, 1.807) is 6.07 Å². The van der Waals surface area contributed by atoms with E-state index < -0.39 is 10.0 Å². The first kappa shape index (κ1) is 11.2. The summed E-state index contributed by atoms with van der Waals surface area (Å²) in [4.78, 5) is 0.0616. The van der Waals surface area contributed by atoms with Crippen molar-refractivity contribution in [3.63, 3.8) is 0 Å². The van der Waals surface area contributed by atoms with Crippen LogP contribution in [-0.4, -0.2) is 15.0 Å². The molecule has 0 aliphatic heterocycles. The van der Waals surface area contributed by atoms with Crippen molar-refractivity contribution < 1.29 is 13.5 Å². The molecule has 5 heteroatoms. The number of hydrogen-bond donors (Lipinski definition) is 1. The number of primary sulfonamides is 1. The third-order valence-electron chi connectivity index (χ3n) is 2.02. The van der Waals surface area contributed by atoms with Gasteiger partial charge in [-0.25, -0.2) is 18.7 Å². The molecule has 1 aromatic carbocycles. The lowest BCUT2D eigenvalue weighted by molar-refractivity contribution is 0.197. The zero-order chi connectivity index (χ0) is 10.8. The van der Waals surface area contributed by atoms with Crippen molar-refractivity contribution in [1.82, 2.24) is 0 Å². The third-order valence-corrected chi connectivity index (χ3v) is 2.93. The Morgan fingerprint density at radius 1 is 1.36 bits per heavy atom. The molecular weight excluding hydrogens is 202 g/mol. The van der Waals surface area contributed by atoms with E-state index in [9.17, 15) is 13.5 Å². The molecule has 0 unspecified atom stereocenters. The Morgan fingerprint density at radius 2 is 2.00 bits per heavy atom. The molecule has 1 radical (unpaired) electrons. The minimum Gasteiger partial charge on any atom is -0.236 e. The fraction of sp³-hybridized carbons (Fsp3) is 0.333. The molecule has 0 heterocycles. The van der Waals surface area contributed by atoms with Crippen LogP contribution >= 0.6 is 0 Å². The van der Waals surface area contributed by atoms with Crippen LogP contribution in [-0.2, 0) is 21.6 Å². The van der Waals surface area contributed by atoms with E-state index >= 15 is 0 Å². The standard InChI is InChI=1S/C9H12NO3S/c1-7-2-3-9(14(10,12)13)6-8(7)4-5-11/h2-3,6H,4-5H2,1H3,(H2,10,12,13). The van der Waals surface area contributed by atoms with E-state index in [0.29, 0.717) is 6.42 Å². The molecule has 0 spiro atoms. The number of hydrogen-bond acceptors (Lipinski definition) is 2. The van der Waals surface area contributed by atoms with Gasteiger partial charge in [0.2, 0.25) is 10.0 Å². The zero-order valence-corrected chi connectivity index (χ0v) is 8.67. The number of rotatable bonds is 3. The van der Waals surface area contributed by atoms with Gasteiger partial charge in [-0.1, -0.05) is 6.07 Å². The molecule has 0 aliphatic rings. The van der Waals surface area contributed by atoms with Gasteiger partial charge in [-0.15, -0.1) is 0 Å². The third kappa shape index (κ3) is 2.54. The van der Waals surface area contributed by atoms with Gasteiger partial charge < -0.3 is 0 Å². The fourth-order valence-electron chi connectivity index (χ4n) is 1.20. The van der Waals surface area contributed by atoms with Crippen molar-refractivity contribution in [2.45, 2.75) is 18.2 Å². The van der Waals surface area contributed by atoms with Gasteiger partial charge in [0, 0.05) is 0 Å². The lowest BCUT2D eigenvalue weighted by Crippen LogP contribution is -2.12. The lowest BCUT2D eigenvalue weighted by Gasteiger charge is -2.05. The van der Waals surface area contributed by atoms with Crippen molar-refractivity contribution in [2.75, 3.05) is 6.61 Å². The average molecular weight is 214 g/mol. The summed E-state index contributed by atoms with van der Waals surface area (Å²) in [7, 11) is -3.66. The Kier molecular flexibility index (Phi) is 3.25. The van der Waals surface area contributed by atoms with Crippen LogP contribution < -0.4 is 5.14 Å². The zero-order valence-electron chi connectivity index (χ0n) is 7.86. The second kappa shape index (κ2) is 4.08. The highest BCUT2D eigenvalue weighted by Gasteiger charge is 2.09. The molecule has 0 saturated heterocycles. The van der Waals surface area contributed by atoms with Gasteiger partial charge in [0.15, 0.2) is 0 Å². The molecule has 0 atom stereocenters. The summed E-state index contributed by atoms with van der Waals surface area (Å²) in [6.07, 6.45) is 0.329. The predicted octanol–water partition coefficient (Wildman–Crippen LogP) is 0.615. The summed E-state index contributed by atoms with van der Waals surface area (Å²) < 4.78 is 22.0. The molecule has 0 aliphatic carbocycles. The molecule has 0 aromatic heterocycles. The smallest absolute Gasteiger partial charge is 0.236 e. The highest BCUT2D eigenvalue weighted by atomic mass is 32.2. The van der Waals surface area contributed by atoms with Crippen LogP contribution in [0.5, 0.6) is 0 Å². The van der Waals surface area contributed by atoms with Gasteiger partial charge in [-0.05, 0) is 36.6 Å². The summed E-state index contributed by atoms with van der Waals surface area (Å²) in [6.45, 7) is 1.58. The van der Waals surface area contributed by atoms with Gasteiger partial charge in [-0.2, -0.15) is 0 Å². The average Bonchev–Trinajstić information content (AvgIpc) is 2.07. The van der Waals surface area contributed by atoms with Gasteiger partial charge in [0.05, 0.1) is 11.5 Å². The molecule has 1 rings (SSSR count). The van der Waals surface area contributed by atoms with E-state index in [1.165, 1.54) is 12.1 Å². The molecule has 0 bridgehead atoms. The Morgan fingerprint density at radius 3 is 2.50 bits per heavy atom. The first-order valence-electron chi connectivity index (χ1n) is 4.15. The maximum Gasteiger partial charge on any atom is 0.238 e. The normalized spacial score (nSPS) is 11.6. The summed E-state index contributed by atoms with van der Waals surface area (Å²) in [5, 5.41) is 15.4. The molecule has 77 valence electrons. The molecule has 2 N–H and O–H groups in total. The minimum atomic E-state index is -3.66. The summed E-state index contributed by atoms with van der Waals surface area (Å²) in [6, 6.07) is 4.56. The van der Waals surface area contributed by atoms with Crippen molar-refractivity contribution in [3.8, 4) is 0 Å². The van der Waals surface area contributed by atoms with Crippen molar-refractivity contribution in [2.24, 2.45) is 5.14 Å². The highest BCUT2D eigenvalue weighted by Crippen LogP contribution is 2.14. The van der Waals surface area contributed by atoms with Crippen LogP contribution in [0.4, 0.5) is 0 Å². The van der Waals surface area contributed by atoms with Gasteiger partial charge in [0.1, 0.15) is 0 Å². The molecular formula is C9H12NO3S. The van der Waals surface area contributed by atoms with Crippen LogP contribution in [0, 0.1) is 6.92 Å². The number of sulfonamides is 1. The fourth-order valence-corrected chi connectivity index (χ4v) is 1.77. The van der Waals surface area contributed by atoms with Gasteiger partial charge in [-0.3, -0.25) is 0 Å². The summed E-state index contributed by atoms with van der Waals surface area (Å²) in [5.74, 6) is 0. The number of aryl methyl sites for hydroxylation is 1. The Bertz CT molecular complexity index is 426. The minimum absolute atomic E-state index is 0.0616. The summed E-state index contributed by atoms with van der Waals surface area (Å²) in [5.41, 5.74) is 1.65. The second-order valence-corrected chi connectivity index (χ2v) is 4.65. The maximum atomic E-state index is 11.0.